The zero-order chi connectivity index (χ0) is 8.93. The van der Waals surface area contributed by atoms with Gasteiger partial charge in [-0.05, 0) is 12.8 Å². The molecular weight excluding hydrogens is 162 g/mol. The summed E-state index contributed by atoms with van der Waals surface area (Å²) in [6.07, 6.45) is 8.39. The molecule has 1 saturated carbocycles. The fourth-order valence-corrected chi connectivity index (χ4v) is 2.33. The van der Waals surface area contributed by atoms with Gasteiger partial charge in [-0.2, -0.15) is 0 Å². The number of nitrogens with zero attached hydrogens (tertiary/aromatic N) is 1. The number of morpholine rings is 1. The highest BCUT2D eigenvalue weighted by Crippen LogP contribution is 2.28. The maximum Gasteiger partial charge on any atom is 0.0594 e. The van der Waals surface area contributed by atoms with Crippen LogP contribution in [0, 0.1) is 6.04 Å². The third-order valence-corrected chi connectivity index (χ3v) is 3.14. The molecule has 0 atom stereocenters. The molecule has 2 nitrogen and oxygen atoms in total. The van der Waals surface area contributed by atoms with E-state index in [0.29, 0.717) is 0 Å². The van der Waals surface area contributed by atoms with E-state index in [2.05, 4.69) is 4.90 Å². The average molecular weight is 182 g/mol. The highest BCUT2D eigenvalue weighted by molar-refractivity contribution is 4.92. The average Bonchev–Trinajstić information content (AvgIpc) is 2.47. The molecule has 0 amide bonds. The molecule has 0 aromatic heterocycles. The molecule has 75 valence electrons. The molecule has 1 saturated heterocycles. The molecule has 13 heavy (non-hydrogen) atoms. The van der Waals surface area contributed by atoms with Gasteiger partial charge < -0.3 is 4.74 Å². The van der Waals surface area contributed by atoms with Crippen molar-refractivity contribution in [3.05, 3.63) is 6.04 Å². The minimum absolute atomic E-state index is 0.934. The van der Waals surface area contributed by atoms with Gasteiger partial charge in [0.15, 0.2) is 0 Å². The summed E-state index contributed by atoms with van der Waals surface area (Å²) in [6, 6.07) is 1.71. The first-order valence-electron chi connectivity index (χ1n) is 5.64. The summed E-state index contributed by atoms with van der Waals surface area (Å²) in [6.45, 7) is 4.14. The lowest BCUT2D eigenvalue weighted by Gasteiger charge is -2.33. The number of hydrogen-bond donors (Lipinski definition) is 0. The Labute approximate surface area is 81.3 Å². The Bertz CT molecular complexity index is 135. The second kappa shape index (κ2) is 4.97. The first-order chi connectivity index (χ1) is 6.47. The summed E-state index contributed by atoms with van der Waals surface area (Å²) >= 11 is 0. The third kappa shape index (κ3) is 2.68. The van der Waals surface area contributed by atoms with Gasteiger partial charge in [-0.25, -0.2) is 0 Å². The summed E-state index contributed by atoms with van der Waals surface area (Å²) in [5.41, 5.74) is 0. The van der Waals surface area contributed by atoms with Crippen molar-refractivity contribution < 1.29 is 4.74 Å². The Balaban J connectivity index is 1.82. The lowest BCUT2D eigenvalue weighted by Crippen LogP contribution is -2.38. The minimum atomic E-state index is 0.934. The first kappa shape index (κ1) is 9.47. The van der Waals surface area contributed by atoms with Gasteiger partial charge in [-0.15, -0.1) is 0 Å². The van der Waals surface area contributed by atoms with E-state index in [1.165, 1.54) is 38.5 Å². The summed E-state index contributed by atoms with van der Waals surface area (Å²) in [7, 11) is 0. The van der Waals surface area contributed by atoms with Crippen LogP contribution in [0.2, 0.25) is 0 Å². The Kier molecular flexibility index (Phi) is 3.62. The topological polar surface area (TPSA) is 12.5 Å². The van der Waals surface area contributed by atoms with Crippen LogP contribution in [-0.2, 0) is 4.74 Å². The van der Waals surface area contributed by atoms with E-state index >= 15 is 0 Å². The van der Waals surface area contributed by atoms with Crippen molar-refractivity contribution in [2.75, 3.05) is 26.3 Å². The Morgan fingerprint density at radius 2 is 1.46 bits per heavy atom. The first-order valence-corrected chi connectivity index (χ1v) is 5.64. The Morgan fingerprint density at radius 1 is 0.846 bits per heavy atom. The van der Waals surface area contributed by atoms with E-state index in [4.69, 9.17) is 4.74 Å². The highest BCUT2D eigenvalue weighted by atomic mass is 16.5. The van der Waals surface area contributed by atoms with E-state index in [1.54, 1.807) is 6.04 Å². The standard InChI is InChI=1S/C11H20NO/c1-2-4-6-11(5-3-1)12-7-9-13-10-8-12/h1-10H2. The van der Waals surface area contributed by atoms with Gasteiger partial charge in [0.25, 0.3) is 0 Å². The molecule has 0 aromatic carbocycles. The van der Waals surface area contributed by atoms with E-state index in [1.807, 2.05) is 0 Å². The van der Waals surface area contributed by atoms with Gasteiger partial charge in [0, 0.05) is 19.1 Å². The van der Waals surface area contributed by atoms with Gasteiger partial charge in [0.1, 0.15) is 0 Å². The summed E-state index contributed by atoms with van der Waals surface area (Å²) in [4.78, 5) is 2.56. The van der Waals surface area contributed by atoms with Crippen LogP contribution in [0.1, 0.15) is 38.5 Å². The van der Waals surface area contributed by atoms with E-state index < -0.39 is 0 Å². The van der Waals surface area contributed by atoms with Gasteiger partial charge in [-0.1, -0.05) is 25.7 Å². The van der Waals surface area contributed by atoms with Crippen LogP contribution in [0.5, 0.6) is 0 Å². The van der Waals surface area contributed by atoms with Crippen molar-refractivity contribution in [1.29, 1.82) is 0 Å². The normalized spacial score (nSPS) is 28.6. The quantitative estimate of drug-likeness (QED) is 0.576. The largest absolute Gasteiger partial charge is 0.379 e. The van der Waals surface area contributed by atoms with Gasteiger partial charge >= 0.3 is 0 Å². The van der Waals surface area contributed by atoms with E-state index in [9.17, 15) is 0 Å². The van der Waals surface area contributed by atoms with Crippen LogP contribution in [0.15, 0.2) is 0 Å². The molecule has 2 aliphatic rings. The van der Waals surface area contributed by atoms with Crippen molar-refractivity contribution >= 4 is 0 Å². The minimum Gasteiger partial charge on any atom is -0.379 e. The zero-order valence-electron chi connectivity index (χ0n) is 8.43. The molecule has 1 heterocycles. The maximum atomic E-state index is 5.37. The van der Waals surface area contributed by atoms with Crippen molar-refractivity contribution in [1.82, 2.24) is 4.90 Å². The second-order valence-electron chi connectivity index (χ2n) is 4.08. The van der Waals surface area contributed by atoms with Crippen LogP contribution in [0.25, 0.3) is 0 Å². The summed E-state index contributed by atoms with van der Waals surface area (Å²) < 4.78 is 5.37. The van der Waals surface area contributed by atoms with E-state index in [0.717, 1.165) is 26.3 Å². The molecule has 1 radical (unpaired) electrons. The Morgan fingerprint density at radius 3 is 2.08 bits per heavy atom. The number of rotatable bonds is 1. The summed E-state index contributed by atoms with van der Waals surface area (Å²) in [5, 5.41) is 0. The molecule has 0 unspecified atom stereocenters. The van der Waals surface area contributed by atoms with E-state index in [-0.39, 0.29) is 0 Å². The van der Waals surface area contributed by atoms with Crippen LogP contribution < -0.4 is 0 Å². The smallest absolute Gasteiger partial charge is 0.0594 e. The van der Waals surface area contributed by atoms with Gasteiger partial charge in [0.2, 0.25) is 0 Å². The number of hydrogen-bond acceptors (Lipinski definition) is 2. The Hall–Kier alpha value is -0.0800. The molecule has 1 aliphatic carbocycles. The SMILES string of the molecule is C1CCC[C](N2CCOCC2)CC1. The number of ether oxygens (including phenoxy) is 1. The molecule has 2 rings (SSSR count). The second-order valence-corrected chi connectivity index (χ2v) is 4.08. The molecule has 0 N–H and O–H groups in total. The lowest BCUT2D eigenvalue weighted by molar-refractivity contribution is 0.0373. The van der Waals surface area contributed by atoms with Gasteiger partial charge in [-0.3, -0.25) is 4.90 Å². The fraction of sp³-hybridized carbons (Fsp3) is 0.909. The predicted octanol–water partition coefficient (Wildman–Crippen LogP) is 2.20. The lowest BCUT2D eigenvalue weighted by atomic mass is 10.1. The molecular formula is C11H20NO. The van der Waals surface area contributed by atoms with Crippen LogP contribution in [0.4, 0.5) is 0 Å². The monoisotopic (exact) mass is 182 g/mol. The molecule has 1 aliphatic heterocycles. The highest BCUT2D eigenvalue weighted by Gasteiger charge is 2.22. The van der Waals surface area contributed by atoms with Crippen molar-refractivity contribution in [2.45, 2.75) is 38.5 Å². The van der Waals surface area contributed by atoms with Crippen LogP contribution >= 0.6 is 0 Å². The van der Waals surface area contributed by atoms with Gasteiger partial charge in [0.05, 0.1) is 13.2 Å². The molecule has 2 heteroatoms. The maximum absolute atomic E-state index is 5.37. The molecule has 0 spiro atoms. The molecule has 0 aromatic rings. The van der Waals surface area contributed by atoms with Crippen LogP contribution in [0.3, 0.4) is 0 Å². The van der Waals surface area contributed by atoms with Crippen LogP contribution in [-0.4, -0.2) is 31.2 Å². The zero-order valence-corrected chi connectivity index (χ0v) is 8.43. The summed E-state index contributed by atoms with van der Waals surface area (Å²) in [5.74, 6) is 0. The predicted molar refractivity (Wildman–Crippen MR) is 53.3 cm³/mol. The van der Waals surface area contributed by atoms with Crippen molar-refractivity contribution in [3.63, 3.8) is 0 Å². The third-order valence-electron chi connectivity index (χ3n) is 3.14. The van der Waals surface area contributed by atoms with Crippen molar-refractivity contribution in [2.24, 2.45) is 0 Å². The molecule has 2 fully saturated rings. The molecule has 0 bridgehead atoms. The van der Waals surface area contributed by atoms with Crippen molar-refractivity contribution in [3.8, 4) is 0 Å². The fourth-order valence-electron chi connectivity index (χ4n) is 2.33.